The summed E-state index contributed by atoms with van der Waals surface area (Å²) in [6.45, 7) is 1.18. The smallest absolute Gasteiger partial charge is 0.174 e. The summed E-state index contributed by atoms with van der Waals surface area (Å²) in [6.07, 6.45) is -0.726. The molecule has 0 bridgehead atoms. The van der Waals surface area contributed by atoms with Gasteiger partial charge in [0.05, 0.1) is 12.5 Å². The van der Waals surface area contributed by atoms with Gasteiger partial charge in [0.25, 0.3) is 0 Å². The minimum atomic E-state index is -0.724. The van der Waals surface area contributed by atoms with E-state index in [2.05, 4.69) is 0 Å². The third kappa shape index (κ3) is 3.21. The molecule has 2 unspecified atom stereocenters. The topological polar surface area (TPSA) is 90.2 Å². The number of likely N-dealkylation sites (tertiary alicyclic amines) is 1. The third-order valence-corrected chi connectivity index (χ3v) is 5.94. The van der Waals surface area contributed by atoms with Crippen molar-refractivity contribution in [3.05, 3.63) is 52.0 Å². The number of piperidine rings is 1. The summed E-state index contributed by atoms with van der Waals surface area (Å²) in [6, 6.07) is 8.28. The van der Waals surface area contributed by atoms with Gasteiger partial charge < -0.3 is 25.0 Å². The molecule has 6 nitrogen and oxygen atoms in total. The predicted molar refractivity (Wildman–Crippen MR) is 104 cm³/mol. The Morgan fingerprint density at radius 3 is 2.68 bits per heavy atom. The molecule has 3 N–H and O–H groups in total. The third-order valence-electron chi connectivity index (χ3n) is 5.59. The van der Waals surface area contributed by atoms with E-state index in [1.807, 2.05) is 18.0 Å². The monoisotopic (exact) mass is 403 g/mol. The minimum absolute atomic E-state index is 0.0322. The molecule has 148 valence electrons. The van der Waals surface area contributed by atoms with Crippen molar-refractivity contribution in [3.8, 4) is 17.2 Å². The number of carbonyl (C=O) groups excluding carboxylic acids is 1. The lowest BCUT2D eigenvalue weighted by molar-refractivity contribution is 0.0592. The fourth-order valence-corrected chi connectivity index (χ4v) is 4.44. The van der Waals surface area contributed by atoms with Crippen LogP contribution >= 0.6 is 11.6 Å². The summed E-state index contributed by atoms with van der Waals surface area (Å²) in [5, 5.41) is 32.0. The van der Waals surface area contributed by atoms with E-state index in [1.54, 1.807) is 18.2 Å². The molecule has 2 aliphatic rings. The molecule has 0 saturated carbocycles. The van der Waals surface area contributed by atoms with Gasteiger partial charge in [-0.2, -0.15) is 0 Å². The number of ether oxygens (including phenoxy) is 1. The number of Topliss-reactive ketones (excluding diaryl/α,β-unsaturated/α-hetero) is 1. The normalized spacial score (nSPS) is 25.2. The van der Waals surface area contributed by atoms with Gasteiger partial charge in [-0.05, 0) is 26.1 Å². The molecule has 0 aliphatic carbocycles. The van der Waals surface area contributed by atoms with Gasteiger partial charge in [-0.3, -0.25) is 4.79 Å². The first-order valence-electron chi connectivity index (χ1n) is 9.26. The highest BCUT2D eigenvalue weighted by Gasteiger charge is 2.39. The first-order valence-corrected chi connectivity index (χ1v) is 9.64. The fourth-order valence-electron chi connectivity index (χ4n) is 4.19. The van der Waals surface area contributed by atoms with Crippen molar-refractivity contribution in [2.75, 3.05) is 20.1 Å². The minimum Gasteiger partial charge on any atom is -0.507 e. The van der Waals surface area contributed by atoms with Crippen molar-refractivity contribution >= 4 is 17.4 Å². The second-order valence-electron chi connectivity index (χ2n) is 7.51. The molecule has 1 fully saturated rings. The first-order chi connectivity index (χ1) is 13.4. The van der Waals surface area contributed by atoms with Crippen LogP contribution in [0.4, 0.5) is 0 Å². The van der Waals surface area contributed by atoms with E-state index in [9.17, 15) is 20.1 Å². The SMILES string of the molecule is CN1CCC(c2c(O)cc(O)c3c2OC(c2ccccc2Cl)CC3=O)[C@H](O)C1. The van der Waals surface area contributed by atoms with E-state index >= 15 is 0 Å². The number of aromatic hydroxyl groups is 2. The van der Waals surface area contributed by atoms with Crippen LogP contribution in [-0.4, -0.2) is 52.2 Å². The number of fused-ring (bicyclic) bond motifs is 1. The highest BCUT2D eigenvalue weighted by molar-refractivity contribution is 6.31. The summed E-state index contributed by atoms with van der Waals surface area (Å²) >= 11 is 6.29. The summed E-state index contributed by atoms with van der Waals surface area (Å²) in [5.74, 6) is -1.04. The van der Waals surface area contributed by atoms with Gasteiger partial charge in [0.15, 0.2) is 5.78 Å². The van der Waals surface area contributed by atoms with Crippen LogP contribution in [0.3, 0.4) is 0 Å². The van der Waals surface area contributed by atoms with Gasteiger partial charge >= 0.3 is 0 Å². The molecule has 2 aliphatic heterocycles. The quantitative estimate of drug-likeness (QED) is 0.713. The zero-order valence-electron chi connectivity index (χ0n) is 15.4. The number of carbonyl (C=O) groups is 1. The second-order valence-corrected chi connectivity index (χ2v) is 7.92. The van der Waals surface area contributed by atoms with E-state index in [4.69, 9.17) is 16.3 Å². The maximum Gasteiger partial charge on any atom is 0.174 e. The van der Waals surface area contributed by atoms with Crippen molar-refractivity contribution < 1.29 is 24.9 Å². The van der Waals surface area contributed by atoms with Crippen molar-refractivity contribution in [1.29, 1.82) is 0 Å². The number of hydrogen-bond donors (Lipinski definition) is 3. The van der Waals surface area contributed by atoms with E-state index < -0.39 is 18.1 Å². The second kappa shape index (κ2) is 7.28. The van der Waals surface area contributed by atoms with Gasteiger partial charge in [-0.15, -0.1) is 0 Å². The van der Waals surface area contributed by atoms with E-state index in [0.717, 1.165) is 12.6 Å². The lowest BCUT2D eigenvalue weighted by Crippen LogP contribution is -2.40. The number of β-amino-alcohol motifs (C(OH)–C–C–N with tert-alkyl or cyclic N) is 1. The van der Waals surface area contributed by atoms with Gasteiger partial charge in [-0.25, -0.2) is 0 Å². The van der Waals surface area contributed by atoms with E-state index in [-0.39, 0.29) is 35.0 Å². The van der Waals surface area contributed by atoms with Gasteiger partial charge in [0.2, 0.25) is 0 Å². The molecule has 3 atom stereocenters. The number of aliphatic hydroxyl groups is 1. The van der Waals surface area contributed by atoms with Crippen molar-refractivity contribution in [3.63, 3.8) is 0 Å². The molecular formula is C21H22ClNO5. The molecule has 1 saturated heterocycles. The van der Waals surface area contributed by atoms with Crippen LogP contribution in [0.25, 0.3) is 0 Å². The predicted octanol–water partition coefficient (Wildman–Crippen LogP) is 3.24. The average Bonchev–Trinajstić information content (AvgIpc) is 2.63. The van der Waals surface area contributed by atoms with Crippen LogP contribution in [-0.2, 0) is 0 Å². The lowest BCUT2D eigenvalue weighted by Gasteiger charge is -2.37. The number of rotatable bonds is 2. The number of ketones is 1. The number of benzene rings is 2. The zero-order valence-corrected chi connectivity index (χ0v) is 16.2. The van der Waals surface area contributed by atoms with Crippen LogP contribution in [0.2, 0.25) is 5.02 Å². The van der Waals surface area contributed by atoms with Crippen LogP contribution in [0, 0.1) is 0 Å². The standard InChI is InChI=1S/C21H22ClNO5/c1-23-7-6-12(17(27)10-23)19-14(24)8-15(25)20-16(26)9-18(28-21(19)20)11-4-2-3-5-13(11)22/h2-5,8,12,17-18,24-25,27H,6-7,9-10H2,1H3/t12?,17-,18?/m1/s1. The first kappa shape index (κ1) is 19.1. The van der Waals surface area contributed by atoms with Crippen molar-refractivity contribution in [2.24, 2.45) is 0 Å². The Hall–Kier alpha value is -2.28. The number of aliphatic hydroxyl groups excluding tert-OH is 1. The van der Waals surface area contributed by atoms with Crippen LogP contribution in [0.15, 0.2) is 30.3 Å². The zero-order chi connectivity index (χ0) is 20.0. The molecule has 0 spiro atoms. The molecule has 28 heavy (non-hydrogen) atoms. The highest BCUT2D eigenvalue weighted by atomic mass is 35.5. The Morgan fingerprint density at radius 1 is 1.21 bits per heavy atom. The molecule has 2 heterocycles. The maximum atomic E-state index is 12.8. The number of likely N-dealkylation sites (N-methyl/N-ethyl adjacent to an activating group) is 1. The Labute approximate surface area is 167 Å². The summed E-state index contributed by atoms with van der Waals surface area (Å²) in [7, 11) is 1.92. The van der Waals surface area contributed by atoms with Crippen molar-refractivity contribution in [2.45, 2.75) is 31.0 Å². The molecule has 0 aromatic heterocycles. The number of phenols is 2. The molecule has 0 amide bonds. The van der Waals surface area contributed by atoms with E-state index in [0.29, 0.717) is 29.1 Å². The average molecular weight is 404 g/mol. The summed E-state index contributed by atoms with van der Waals surface area (Å²) in [5.41, 5.74) is 1.10. The number of halogens is 1. The number of hydrogen-bond acceptors (Lipinski definition) is 6. The maximum absolute atomic E-state index is 12.8. The Kier molecular flexibility index (Phi) is 4.95. The van der Waals surface area contributed by atoms with Gasteiger partial charge in [0.1, 0.15) is 28.9 Å². The summed E-state index contributed by atoms with van der Waals surface area (Å²) < 4.78 is 6.14. The van der Waals surface area contributed by atoms with Gasteiger partial charge in [0, 0.05) is 34.7 Å². The van der Waals surface area contributed by atoms with Crippen molar-refractivity contribution in [1.82, 2.24) is 4.90 Å². The largest absolute Gasteiger partial charge is 0.507 e. The Morgan fingerprint density at radius 2 is 1.96 bits per heavy atom. The van der Waals surface area contributed by atoms with E-state index in [1.165, 1.54) is 0 Å². The highest BCUT2D eigenvalue weighted by Crippen LogP contribution is 2.50. The van der Waals surface area contributed by atoms with Crippen LogP contribution < -0.4 is 4.74 Å². The number of phenolic OH excluding ortho intramolecular Hbond substituents is 2. The molecule has 0 radical (unpaired) electrons. The fraction of sp³-hybridized carbons (Fsp3) is 0.381. The number of nitrogens with zero attached hydrogens (tertiary/aromatic N) is 1. The lowest BCUT2D eigenvalue weighted by atomic mass is 9.83. The van der Waals surface area contributed by atoms with Crippen LogP contribution in [0.5, 0.6) is 17.2 Å². The molecule has 2 aromatic rings. The summed E-state index contributed by atoms with van der Waals surface area (Å²) in [4.78, 5) is 14.8. The van der Waals surface area contributed by atoms with Gasteiger partial charge in [-0.1, -0.05) is 29.8 Å². The Bertz CT molecular complexity index is 931. The Balaban J connectivity index is 1.82. The van der Waals surface area contributed by atoms with Crippen LogP contribution in [0.1, 0.15) is 46.3 Å². The molecule has 4 rings (SSSR count). The molecular weight excluding hydrogens is 382 g/mol. The molecule has 7 heteroatoms. The molecule has 2 aromatic carbocycles.